The summed E-state index contributed by atoms with van der Waals surface area (Å²) in [5.41, 5.74) is 0.546. The van der Waals surface area contributed by atoms with Crippen LogP contribution in [0.5, 0.6) is 0 Å². The van der Waals surface area contributed by atoms with Gasteiger partial charge < -0.3 is 0 Å². The van der Waals surface area contributed by atoms with Crippen LogP contribution in [0.2, 0.25) is 0 Å². The maximum atomic E-state index is 14.3. The van der Waals surface area contributed by atoms with Crippen molar-refractivity contribution in [2.24, 2.45) is 0 Å². The molecule has 148 valence electrons. The second kappa shape index (κ2) is 7.31. The number of thiazole rings is 1. The zero-order chi connectivity index (χ0) is 20.9. The normalized spacial score (nSPS) is 11.3. The Hall–Kier alpha value is -2.65. The van der Waals surface area contributed by atoms with Crippen LogP contribution in [-0.4, -0.2) is 4.98 Å². The first kappa shape index (κ1) is 19.7. The summed E-state index contributed by atoms with van der Waals surface area (Å²) in [5.74, 6) is -10.7. The Kier molecular flexibility index (Phi) is 4.95. The van der Waals surface area contributed by atoms with Gasteiger partial charge in [-0.05, 0) is 48.2 Å². The number of halogens is 6. The average Bonchev–Trinajstić information content (AvgIpc) is 3.32. The first-order chi connectivity index (χ1) is 13.8. The van der Waals surface area contributed by atoms with E-state index in [1.54, 1.807) is 0 Å². The SMILES string of the molecule is Cc1csc(-c2sc(-c3c(F)c(F)c(F)c(F)c3F)nc2-c2ccc(F)cc2)c1. The van der Waals surface area contributed by atoms with Crippen molar-refractivity contribution in [2.45, 2.75) is 6.92 Å². The molecular formula is C20H9F6NS2. The Bertz CT molecular complexity index is 1200. The molecule has 0 amide bonds. The molecule has 4 rings (SSSR count). The lowest BCUT2D eigenvalue weighted by Gasteiger charge is -2.05. The van der Waals surface area contributed by atoms with E-state index in [9.17, 15) is 26.3 Å². The van der Waals surface area contributed by atoms with Gasteiger partial charge in [0.2, 0.25) is 5.82 Å². The van der Waals surface area contributed by atoms with E-state index in [1.807, 2.05) is 18.4 Å². The van der Waals surface area contributed by atoms with E-state index in [0.717, 1.165) is 16.9 Å². The predicted octanol–water partition coefficient (Wildman–Crippen LogP) is 7.35. The van der Waals surface area contributed by atoms with E-state index in [0.29, 0.717) is 15.3 Å². The van der Waals surface area contributed by atoms with Crippen molar-refractivity contribution in [2.75, 3.05) is 0 Å². The molecule has 0 bridgehead atoms. The first-order valence-electron chi connectivity index (χ1n) is 8.12. The van der Waals surface area contributed by atoms with E-state index >= 15 is 0 Å². The van der Waals surface area contributed by atoms with Gasteiger partial charge in [0.15, 0.2) is 23.3 Å². The molecule has 29 heavy (non-hydrogen) atoms. The molecule has 0 unspecified atom stereocenters. The Balaban J connectivity index is 1.99. The van der Waals surface area contributed by atoms with Crippen LogP contribution in [0, 0.1) is 41.8 Å². The van der Waals surface area contributed by atoms with E-state index in [1.165, 1.54) is 35.6 Å². The van der Waals surface area contributed by atoms with Gasteiger partial charge in [-0.1, -0.05) is 0 Å². The highest BCUT2D eigenvalue weighted by Crippen LogP contribution is 2.44. The smallest absolute Gasteiger partial charge is 0.200 e. The van der Waals surface area contributed by atoms with Crippen LogP contribution < -0.4 is 0 Å². The van der Waals surface area contributed by atoms with Crippen LogP contribution in [-0.2, 0) is 0 Å². The van der Waals surface area contributed by atoms with Crippen LogP contribution in [0.15, 0.2) is 35.7 Å². The van der Waals surface area contributed by atoms with E-state index in [2.05, 4.69) is 4.98 Å². The number of hydrogen-bond acceptors (Lipinski definition) is 3. The molecule has 0 N–H and O–H groups in total. The molecule has 0 aliphatic heterocycles. The van der Waals surface area contributed by atoms with Crippen LogP contribution in [0.3, 0.4) is 0 Å². The third-order valence-corrected chi connectivity index (χ3v) is 6.42. The van der Waals surface area contributed by atoms with Gasteiger partial charge in [0.1, 0.15) is 10.8 Å². The number of benzene rings is 2. The maximum absolute atomic E-state index is 14.3. The van der Waals surface area contributed by atoms with Crippen LogP contribution >= 0.6 is 22.7 Å². The minimum Gasteiger partial charge on any atom is -0.235 e. The fourth-order valence-corrected chi connectivity index (χ4v) is 4.88. The van der Waals surface area contributed by atoms with Crippen molar-refractivity contribution >= 4 is 22.7 Å². The fraction of sp³-hybridized carbons (Fsp3) is 0.0500. The van der Waals surface area contributed by atoms with Gasteiger partial charge in [-0.2, -0.15) is 0 Å². The molecule has 2 aromatic carbocycles. The molecule has 4 aromatic rings. The Labute approximate surface area is 168 Å². The Morgan fingerprint density at radius 2 is 1.38 bits per heavy atom. The topological polar surface area (TPSA) is 12.9 Å². The van der Waals surface area contributed by atoms with Gasteiger partial charge in [-0.25, -0.2) is 31.3 Å². The van der Waals surface area contributed by atoms with Crippen molar-refractivity contribution in [1.29, 1.82) is 0 Å². The molecular weight excluding hydrogens is 432 g/mol. The molecule has 0 atom stereocenters. The highest BCUT2D eigenvalue weighted by molar-refractivity contribution is 7.23. The van der Waals surface area contributed by atoms with Gasteiger partial charge in [0.25, 0.3) is 0 Å². The molecule has 1 nitrogen and oxygen atoms in total. The monoisotopic (exact) mass is 441 g/mol. The van der Waals surface area contributed by atoms with E-state index in [-0.39, 0.29) is 10.7 Å². The minimum absolute atomic E-state index is 0.260. The number of aryl methyl sites for hydroxylation is 1. The van der Waals surface area contributed by atoms with Crippen molar-refractivity contribution < 1.29 is 26.3 Å². The van der Waals surface area contributed by atoms with E-state index < -0.39 is 40.5 Å². The summed E-state index contributed by atoms with van der Waals surface area (Å²) in [6.45, 7) is 1.85. The second-order valence-corrected chi connectivity index (χ2v) is 8.05. The van der Waals surface area contributed by atoms with Crippen molar-refractivity contribution in [1.82, 2.24) is 4.98 Å². The molecule has 0 aliphatic rings. The Morgan fingerprint density at radius 1 is 0.793 bits per heavy atom. The van der Waals surface area contributed by atoms with Crippen molar-refractivity contribution in [3.63, 3.8) is 0 Å². The highest BCUT2D eigenvalue weighted by atomic mass is 32.1. The molecule has 0 saturated carbocycles. The van der Waals surface area contributed by atoms with Crippen LogP contribution in [0.4, 0.5) is 26.3 Å². The first-order valence-corrected chi connectivity index (χ1v) is 9.81. The lowest BCUT2D eigenvalue weighted by atomic mass is 10.1. The minimum atomic E-state index is -2.23. The molecule has 0 saturated heterocycles. The standard InChI is InChI=1S/C20H9F6NS2/c1-8-6-11(28-7-8)19-18(9-2-4-10(21)5-3-9)27-20(29-19)12-13(22)15(24)17(26)16(25)14(12)23/h2-7H,1H3. The molecule has 0 spiro atoms. The number of hydrogen-bond donors (Lipinski definition) is 0. The summed E-state index contributed by atoms with van der Waals surface area (Å²) in [7, 11) is 0. The molecule has 2 heterocycles. The van der Waals surface area contributed by atoms with Gasteiger partial charge in [-0.15, -0.1) is 22.7 Å². The zero-order valence-electron chi connectivity index (χ0n) is 14.5. The average molecular weight is 441 g/mol. The highest BCUT2D eigenvalue weighted by Gasteiger charge is 2.29. The van der Waals surface area contributed by atoms with Gasteiger partial charge in [0, 0.05) is 10.4 Å². The Morgan fingerprint density at radius 3 is 1.93 bits per heavy atom. The molecule has 2 aromatic heterocycles. The van der Waals surface area contributed by atoms with Crippen LogP contribution in [0.25, 0.3) is 31.6 Å². The zero-order valence-corrected chi connectivity index (χ0v) is 16.1. The molecule has 0 radical (unpaired) electrons. The molecule has 9 heteroatoms. The molecule has 0 fully saturated rings. The lowest BCUT2D eigenvalue weighted by Crippen LogP contribution is -2.03. The van der Waals surface area contributed by atoms with E-state index in [4.69, 9.17) is 0 Å². The van der Waals surface area contributed by atoms with Crippen LogP contribution in [0.1, 0.15) is 5.56 Å². The number of aromatic nitrogens is 1. The lowest BCUT2D eigenvalue weighted by molar-refractivity contribution is 0.381. The number of nitrogens with zero attached hydrogens (tertiary/aromatic N) is 1. The van der Waals surface area contributed by atoms with Gasteiger partial charge in [0.05, 0.1) is 16.1 Å². The van der Waals surface area contributed by atoms with Gasteiger partial charge in [-0.3, -0.25) is 0 Å². The van der Waals surface area contributed by atoms with Crippen molar-refractivity contribution in [3.05, 3.63) is 76.2 Å². The fourth-order valence-electron chi connectivity index (χ4n) is 2.74. The quantitative estimate of drug-likeness (QED) is 0.184. The summed E-state index contributed by atoms with van der Waals surface area (Å²) >= 11 is 2.14. The summed E-state index contributed by atoms with van der Waals surface area (Å²) in [4.78, 5) is 5.35. The third kappa shape index (κ3) is 3.34. The third-order valence-electron chi connectivity index (χ3n) is 4.12. The summed E-state index contributed by atoms with van der Waals surface area (Å²) in [6, 6.07) is 7.05. The number of thiophene rings is 1. The number of rotatable bonds is 3. The summed E-state index contributed by atoms with van der Waals surface area (Å²) in [6.07, 6.45) is 0. The maximum Gasteiger partial charge on any atom is 0.200 e. The summed E-state index contributed by atoms with van der Waals surface area (Å²) < 4.78 is 82.6. The van der Waals surface area contributed by atoms with Gasteiger partial charge >= 0.3 is 0 Å². The summed E-state index contributed by atoms with van der Waals surface area (Å²) in [5, 5.41) is 1.49. The predicted molar refractivity (Wildman–Crippen MR) is 101 cm³/mol. The van der Waals surface area contributed by atoms with Crippen molar-refractivity contribution in [3.8, 4) is 31.6 Å². The molecule has 0 aliphatic carbocycles. The largest absolute Gasteiger partial charge is 0.235 e. The second-order valence-electron chi connectivity index (χ2n) is 6.14.